The van der Waals surface area contributed by atoms with Gasteiger partial charge in [-0.25, -0.2) is 0 Å². The lowest BCUT2D eigenvalue weighted by molar-refractivity contribution is -0.142. The number of likely N-dealkylation sites (tertiary alicyclic amines) is 1. The molecule has 3 rings (SSSR count). The molecule has 1 saturated carbocycles. The fourth-order valence-corrected chi connectivity index (χ4v) is 3.54. The highest BCUT2D eigenvalue weighted by Crippen LogP contribution is 2.31. The van der Waals surface area contributed by atoms with Crippen LogP contribution in [0.1, 0.15) is 49.1 Å². The van der Waals surface area contributed by atoms with Crippen molar-refractivity contribution in [2.75, 3.05) is 13.1 Å². The number of carbonyl (C=O) groups is 2. The second kappa shape index (κ2) is 5.50. The summed E-state index contributed by atoms with van der Waals surface area (Å²) in [7, 11) is 0. The van der Waals surface area contributed by atoms with Gasteiger partial charge in [0.2, 0.25) is 0 Å². The minimum Gasteiger partial charge on any atom is -0.481 e. The Morgan fingerprint density at radius 2 is 2.00 bits per heavy atom. The SMILES string of the molecule is C[C@@H]1CN(C(=O)c2ccnn2C2CCCC2)C[C@H]1C(=O)O. The fraction of sp³-hybridized carbons (Fsp3) is 0.667. The first-order valence-corrected chi connectivity index (χ1v) is 7.63. The summed E-state index contributed by atoms with van der Waals surface area (Å²) in [6.07, 6.45) is 6.16. The van der Waals surface area contributed by atoms with E-state index in [9.17, 15) is 14.7 Å². The van der Waals surface area contributed by atoms with E-state index in [1.807, 2.05) is 11.6 Å². The van der Waals surface area contributed by atoms with Crippen molar-refractivity contribution in [3.05, 3.63) is 18.0 Å². The van der Waals surface area contributed by atoms with Crippen molar-refractivity contribution in [1.82, 2.24) is 14.7 Å². The average molecular weight is 291 g/mol. The number of hydrogen-bond acceptors (Lipinski definition) is 3. The summed E-state index contributed by atoms with van der Waals surface area (Å²) in [5.74, 6) is -1.37. The Kier molecular flexibility index (Phi) is 3.69. The zero-order valence-corrected chi connectivity index (χ0v) is 12.2. The van der Waals surface area contributed by atoms with Crippen LogP contribution in [0.5, 0.6) is 0 Å². The molecular weight excluding hydrogens is 270 g/mol. The standard InChI is InChI=1S/C15H21N3O3/c1-10-8-17(9-12(10)15(20)21)14(19)13-6-7-16-18(13)11-4-2-3-5-11/h6-7,10-12H,2-5,8-9H2,1H3,(H,20,21)/t10-,12-/m1/s1. The lowest BCUT2D eigenvalue weighted by Gasteiger charge is -2.19. The number of amides is 1. The van der Waals surface area contributed by atoms with Crippen molar-refractivity contribution in [2.45, 2.75) is 38.6 Å². The molecule has 1 N–H and O–H groups in total. The Hall–Kier alpha value is -1.85. The van der Waals surface area contributed by atoms with Gasteiger partial charge >= 0.3 is 5.97 Å². The van der Waals surface area contributed by atoms with E-state index in [2.05, 4.69) is 5.10 Å². The van der Waals surface area contributed by atoms with Gasteiger partial charge in [0.15, 0.2) is 0 Å². The van der Waals surface area contributed by atoms with Crippen LogP contribution < -0.4 is 0 Å². The van der Waals surface area contributed by atoms with Gasteiger partial charge < -0.3 is 10.0 Å². The third-order valence-corrected chi connectivity index (χ3v) is 4.78. The lowest BCUT2D eigenvalue weighted by atomic mass is 9.99. The van der Waals surface area contributed by atoms with Crippen molar-refractivity contribution in [3.8, 4) is 0 Å². The summed E-state index contributed by atoms with van der Waals surface area (Å²) in [5.41, 5.74) is 0.597. The van der Waals surface area contributed by atoms with E-state index in [1.54, 1.807) is 17.2 Å². The summed E-state index contributed by atoms with van der Waals surface area (Å²) in [6.45, 7) is 2.69. The molecule has 2 heterocycles. The Morgan fingerprint density at radius 1 is 1.29 bits per heavy atom. The van der Waals surface area contributed by atoms with E-state index in [0.717, 1.165) is 12.8 Å². The average Bonchev–Trinajstić information content (AvgIpc) is 3.17. The van der Waals surface area contributed by atoms with E-state index in [4.69, 9.17) is 0 Å². The maximum atomic E-state index is 12.7. The van der Waals surface area contributed by atoms with Gasteiger partial charge in [-0.15, -0.1) is 0 Å². The molecule has 2 aliphatic rings. The number of carboxylic acid groups (broad SMARTS) is 1. The van der Waals surface area contributed by atoms with Crippen LogP contribution in [0.25, 0.3) is 0 Å². The lowest BCUT2D eigenvalue weighted by Crippen LogP contribution is -2.32. The molecular formula is C15H21N3O3. The van der Waals surface area contributed by atoms with Crippen LogP contribution >= 0.6 is 0 Å². The predicted molar refractivity (Wildman–Crippen MR) is 75.9 cm³/mol. The molecule has 2 fully saturated rings. The van der Waals surface area contributed by atoms with Gasteiger partial charge in [0.1, 0.15) is 5.69 Å². The number of carboxylic acids is 1. The van der Waals surface area contributed by atoms with E-state index in [0.29, 0.717) is 24.8 Å². The second-order valence-electron chi connectivity index (χ2n) is 6.23. The first-order valence-electron chi connectivity index (χ1n) is 7.63. The number of carbonyl (C=O) groups excluding carboxylic acids is 1. The molecule has 0 unspecified atom stereocenters. The van der Waals surface area contributed by atoms with Gasteiger partial charge in [0.05, 0.1) is 12.0 Å². The normalized spacial score (nSPS) is 26.4. The summed E-state index contributed by atoms with van der Waals surface area (Å²) in [5, 5.41) is 13.5. The van der Waals surface area contributed by atoms with Crippen LogP contribution in [0.3, 0.4) is 0 Å². The fourth-order valence-electron chi connectivity index (χ4n) is 3.54. The van der Waals surface area contributed by atoms with Crippen molar-refractivity contribution in [1.29, 1.82) is 0 Å². The van der Waals surface area contributed by atoms with Gasteiger partial charge in [-0.05, 0) is 24.8 Å². The van der Waals surface area contributed by atoms with Crippen molar-refractivity contribution >= 4 is 11.9 Å². The molecule has 1 amide bonds. The molecule has 6 nitrogen and oxygen atoms in total. The van der Waals surface area contributed by atoms with Crippen molar-refractivity contribution in [2.24, 2.45) is 11.8 Å². The first-order chi connectivity index (χ1) is 10.1. The molecule has 0 bridgehead atoms. The molecule has 2 atom stereocenters. The minimum absolute atomic E-state index is 0.00528. The number of rotatable bonds is 3. The molecule has 1 aromatic heterocycles. The highest BCUT2D eigenvalue weighted by Gasteiger charge is 2.38. The van der Waals surface area contributed by atoms with Crippen molar-refractivity contribution in [3.63, 3.8) is 0 Å². The molecule has 114 valence electrons. The molecule has 1 aliphatic heterocycles. The zero-order chi connectivity index (χ0) is 15.0. The molecule has 0 spiro atoms. The van der Waals surface area contributed by atoms with E-state index < -0.39 is 11.9 Å². The predicted octanol–water partition coefficient (Wildman–Crippen LogP) is 1.79. The summed E-state index contributed by atoms with van der Waals surface area (Å²) in [6, 6.07) is 2.06. The highest BCUT2D eigenvalue weighted by molar-refractivity contribution is 5.93. The van der Waals surface area contributed by atoms with E-state index in [-0.39, 0.29) is 11.8 Å². The van der Waals surface area contributed by atoms with Crippen molar-refractivity contribution < 1.29 is 14.7 Å². The number of aromatic nitrogens is 2. The third-order valence-electron chi connectivity index (χ3n) is 4.78. The van der Waals surface area contributed by atoms with E-state index >= 15 is 0 Å². The largest absolute Gasteiger partial charge is 0.481 e. The molecule has 6 heteroatoms. The van der Waals surface area contributed by atoms with Crippen LogP contribution in [-0.4, -0.2) is 44.8 Å². The maximum Gasteiger partial charge on any atom is 0.308 e. The highest BCUT2D eigenvalue weighted by atomic mass is 16.4. The third kappa shape index (κ3) is 2.54. The Morgan fingerprint density at radius 3 is 2.62 bits per heavy atom. The number of nitrogens with zero attached hydrogens (tertiary/aromatic N) is 3. The summed E-state index contributed by atoms with van der Waals surface area (Å²) >= 11 is 0. The van der Waals surface area contributed by atoms with Crippen LogP contribution in [-0.2, 0) is 4.79 Å². The quantitative estimate of drug-likeness (QED) is 0.921. The summed E-state index contributed by atoms with van der Waals surface area (Å²) in [4.78, 5) is 25.5. The van der Waals surface area contributed by atoms with Gasteiger partial charge in [0.25, 0.3) is 5.91 Å². The zero-order valence-electron chi connectivity index (χ0n) is 12.2. The number of aliphatic carboxylic acids is 1. The number of hydrogen-bond donors (Lipinski definition) is 1. The van der Waals surface area contributed by atoms with E-state index in [1.165, 1.54) is 12.8 Å². The molecule has 1 aliphatic carbocycles. The molecule has 21 heavy (non-hydrogen) atoms. The van der Waals surface area contributed by atoms with Crippen LogP contribution in [0, 0.1) is 11.8 Å². The molecule has 1 aromatic rings. The molecule has 0 radical (unpaired) electrons. The summed E-state index contributed by atoms with van der Waals surface area (Å²) < 4.78 is 1.84. The maximum absolute atomic E-state index is 12.7. The first kappa shape index (κ1) is 14.1. The second-order valence-corrected chi connectivity index (χ2v) is 6.23. The van der Waals surface area contributed by atoms with Gasteiger partial charge in [-0.3, -0.25) is 14.3 Å². The monoisotopic (exact) mass is 291 g/mol. The Balaban J connectivity index is 1.77. The molecule has 1 saturated heterocycles. The van der Waals surface area contributed by atoms with Crippen LogP contribution in [0.2, 0.25) is 0 Å². The van der Waals surface area contributed by atoms with Crippen LogP contribution in [0.15, 0.2) is 12.3 Å². The topological polar surface area (TPSA) is 75.4 Å². The molecule has 0 aromatic carbocycles. The Bertz CT molecular complexity index is 548. The Labute approximate surface area is 123 Å². The van der Waals surface area contributed by atoms with Gasteiger partial charge in [-0.1, -0.05) is 19.8 Å². The van der Waals surface area contributed by atoms with Crippen LogP contribution in [0.4, 0.5) is 0 Å². The van der Waals surface area contributed by atoms with Gasteiger partial charge in [-0.2, -0.15) is 5.10 Å². The minimum atomic E-state index is -0.817. The smallest absolute Gasteiger partial charge is 0.308 e. The van der Waals surface area contributed by atoms with Gasteiger partial charge in [0, 0.05) is 19.3 Å².